The molecular weight excluding hydrogens is 234 g/mol. The molecule has 0 spiro atoms. The number of hydrogen-bond acceptors (Lipinski definition) is 3. The largest absolute Gasteiger partial charge is 0.507 e. The van der Waals surface area contributed by atoms with Gasteiger partial charge in [0.05, 0.1) is 17.3 Å². The zero-order valence-corrected chi connectivity index (χ0v) is 9.14. The monoisotopic (exact) mass is 243 g/mol. The number of benzene rings is 1. The number of phenolic OH excluding ortho intramolecular Hbond substituents is 1. The first kappa shape index (κ1) is 10.4. The van der Waals surface area contributed by atoms with Crippen molar-refractivity contribution in [2.45, 2.75) is 0 Å². The van der Waals surface area contributed by atoms with E-state index in [9.17, 15) is 9.90 Å². The van der Waals surface area contributed by atoms with E-state index in [-0.39, 0.29) is 11.6 Å². The summed E-state index contributed by atoms with van der Waals surface area (Å²) >= 11 is 0. The Balaban J connectivity index is 2.22. The fraction of sp³-hybridized carbons (Fsp3) is 0. The van der Waals surface area contributed by atoms with Gasteiger partial charge in [0.25, 0.3) is 0 Å². The Bertz CT molecular complexity index is 742. The molecule has 6 heteroatoms. The van der Waals surface area contributed by atoms with Crippen molar-refractivity contribution in [2.24, 2.45) is 0 Å². The van der Waals surface area contributed by atoms with Crippen molar-refractivity contribution >= 4 is 16.9 Å². The van der Waals surface area contributed by atoms with E-state index in [1.165, 1.54) is 6.20 Å². The molecule has 3 rings (SSSR count). The summed E-state index contributed by atoms with van der Waals surface area (Å²) in [5.74, 6) is -1.12. The highest BCUT2D eigenvalue weighted by molar-refractivity contribution is 5.99. The van der Waals surface area contributed by atoms with Crippen molar-refractivity contribution in [3.63, 3.8) is 0 Å². The Kier molecular flexibility index (Phi) is 2.09. The van der Waals surface area contributed by atoms with Gasteiger partial charge >= 0.3 is 5.97 Å². The number of aromatic amines is 2. The second-order valence-corrected chi connectivity index (χ2v) is 3.85. The van der Waals surface area contributed by atoms with E-state index in [1.54, 1.807) is 18.3 Å². The molecule has 3 aromatic rings. The van der Waals surface area contributed by atoms with Crippen LogP contribution in [0.4, 0.5) is 0 Å². The number of carboxylic acids is 1. The molecule has 4 N–H and O–H groups in total. The molecule has 2 heterocycles. The van der Waals surface area contributed by atoms with Crippen LogP contribution in [0.1, 0.15) is 10.6 Å². The average molecular weight is 243 g/mol. The van der Waals surface area contributed by atoms with Gasteiger partial charge in [0.2, 0.25) is 5.82 Å². The SMILES string of the molecule is O=C(O)c1ncc(-c2c[nH]c3cccc(O)c23)[nH]1. The molecule has 90 valence electrons. The third-order valence-corrected chi connectivity index (χ3v) is 2.75. The number of fused-ring (bicyclic) bond motifs is 1. The van der Waals surface area contributed by atoms with Gasteiger partial charge in [-0.15, -0.1) is 0 Å². The molecule has 0 aliphatic rings. The van der Waals surface area contributed by atoms with Gasteiger partial charge in [-0.05, 0) is 12.1 Å². The van der Waals surface area contributed by atoms with E-state index in [0.29, 0.717) is 16.6 Å². The zero-order valence-electron chi connectivity index (χ0n) is 9.14. The maximum absolute atomic E-state index is 10.8. The van der Waals surface area contributed by atoms with Crippen molar-refractivity contribution in [1.29, 1.82) is 0 Å². The molecule has 0 fully saturated rings. The zero-order chi connectivity index (χ0) is 12.7. The van der Waals surface area contributed by atoms with Gasteiger partial charge in [-0.2, -0.15) is 0 Å². The van der Waals surface area contributed by atoms with E-state index >= 15 is 0 Å². The Morgan fingerprint density at radius 2 is 2.17 bits per heavy atom. The highest BCUT2D eigenvalue weighted by Gasteiger charge is 2.14. The van der Waals surface area contributed by atoms with Crippen LogP contribution in [0.15, 0.2) is 30.6 Å². The number of nitrogens with one attached hydrogen (secondary N) is 2. The maximum atomic E-state index is 10.8. The summed E-state index contributed by atoms with van der Waals surface area (Å²) in [4.78, 5) is 20.2. The van der Waals surface area contributed by atoms with Gasteiger partial charge < -0.3 is 20.2 Å². The number of carbonyl (C=O) groups is 1. The van der Waals surface area contributed by atoms with E-state index in [0.717, 1.165) is 5.52 Å². The molecule has 6 nitrogen and oxygen atoms in total. The molecule has 0 aliphatic heterocycles. The van der Waals surface area contributed by atoms with Crippen molar-refractivity contribution in [1.82, 2.24) is 15.0 Å². The summed E-state index contributed by atoms with van der Waals surface area (Å²) in [5, 5.41) is 19.3. The van der Waals surface area contributed by atoms with Gasteiger partial charge in [-0.25, -0.2) is 9.78 Å². The second-order valence-electron chi connectivity index (χ2n) is 3.85. The third kappa shape index (κ3) is 1.43. The van der Waals surface area contributed by atoms with Gasteiger partial charge in [0.1, 0.15) is 5.75 Å². The Morgan fingerprint density at radius 1 is 1.33 bits per heavy atom. The smallest absolute Gasteiger partial charge is 0.371 e. The number of rotatable bonds is 2. The predicted molar refractivity (Wildman–Crippen MR) is 64.5 cm³/mol. The van der Waals surface area contributed by atoms with Crippen LogP contribution in [0.25, 0.3) is 22.2 Å². The molecule has 2 aromatic heterocycles. The van der Waals surface area contributed by atoms with E-state index in [2.05, 4.69) is 15.0 Å². The number of phenols is 1. The lowest BCUT2D eigenvalue weighted by Crippen LogP contribution is -1.98. The summed E-state index contributed by atoms with van der Waals surface area (Å²) in [5.41, 5.74) is 2.00. The number of carboxylic acid groups (broad SMARTS) is 1. The molecule has 0 atom stereocenters. The van der Waals surface area contributed by atoms with Crippen molar-refractivity contribution in [2.75, 3.05) is 0 Å². The summed E-state index contributed by atoms with van der Waals surface area (Å²) in [7, 11) is 0. The molecule has 0 bridgehead atoms. The maximum Gasteiger partial charge on any atom is 0.371 e. The normalized spacial score (nSPS) is 10.9. The van der Waals surface area contributed by atoms with Crippen molar-refractivity contribution < 1.29 is 15.0 Å². The minimum Gasteiger partial charge on any atom is -0.507 e. The first-order valence-electron chi connectivity index (χ1n) is 5.24. The van der Waals surface area contributed by atoms with E-state index < -0.39 is 5.97 Å². The van der Waals surface area contributed by atoms with Crippen LogP contribution in [0.3, 0.4) is 0 Å². The Hall–Kier alpha value is -2.76. The molecule has 0 saturated heterocycles. The molecule has 0 saturated carbocycles. The molecule has 18 heavy (non-hydrogen) atoms. The lowest BCUT2D eigenvalue weighted by Gasteiger charge is -1.98. The Labute approximate surface area is 101 Å². The number of aromatic carboxylic acids is 1. The van der Waals surface area contributed by atoms with Crippen LogP contribution in [0.5, 0.6) is 5.75 Å². The second kappa shape index (κ2) is 3.63. The Morgan fingerprint density at radius 3 is 2.89 bits per heavy atom. The standard InChI is InChI=1S/C12H9N3O3/c16-9-3-1-2-7-10(9)6(4-13-7)8-5-14-11(15-8)12(17)18/h1-5,13,16H,(H,14,15)(H,17,18). The number of nitrogens with zero attached hydrogens (tertiary/aromatic N) is 1. The van der Waals surface area contributed by atoms with Gasteiger partial charge in [-0.3, -0.25) is 0 Å². The fourth-order valence-corrected chi connectivity index (χ4v) is 1.94. The van der Waals surface area contributed by atoms with Gasteiger partial charge in [0, 0.05) is 17.3 Å². The summed E-state index contributed by atoms with van der Waals surface area (Å²) in [6, 6.07) is 5.13. The van der Waals surface area contributed by atoms with Gasteiger partial charge in [-0.1, -0.05) is 6.07 Å². The summed E-state index contributed by atoms with van der Waals surface area (Å²) < 4.78 is 0. The highest BCUT2D eigenvalue weighted by Crippen LogP contribution is 2.33. The summed E-state index contributed by atoms with van der Waals surface area (Å²) in [6.07, 6.45) is 3.13. The molecular formula is C12H9N3O3. The predicted octanol–water partition coefficient (Wildman–Crippen LogP) is 1.96. The average Bonchev–Trinajstić information content (AvgIpc) is 2.94. The first-order chi connectivity index (χ1) is 8.66. The fourth-order valence-electron chi connectivity index (χ4n) is 1.94. The van der Waals surface area contributed by atoms with Crippen LogP contribution in [0, 0.1) is 0 Å². The molecule has 0 aliphatic carbocycles. The lowest BCUT2D eigenvalue weighted by atomic mass is 10.1. The van der Waals surface area contributed by atoms with Crippen molar-refractivity contribution in [3.8, 4) is 17.0 Å². The van der Waals surface area contributed by atoms with E-state index in [4.69, 9.17) is 5.11 Å². The summed E-state index contributed by atoms with van der Waals surface area (Å²) in [6.45, 7) is 0. The minimum atomic E-state index is -1.12. The molecule has 0 radical (unpaired) electrons. The topological polar surface area (TPSA) is 102 Å². The van der Waals surface area contributed by atoms with Gasteiger partial charge in [0.15, 0.2) is 0 Å². The van der Waals surface area contributed by atoms with Crippen LogP contribution >= 0.6 is 0 Å². The number of aromatic hydroxyl groups is 1. The number of H-pyrrole nitrogens is 2. The van der Waals surface area contributed by atoms with Crippen LogP contribution in [0.2, 0.25) is 0 Å². The van der Waals surface area contributed by atoms with Crippen LogP contribution in [-0.4, -0.2) is 31.1 Å². The van der Waals surface area contributed by atoms with Crippen molar-refractivity contribution in [3.05, 3.63) is 36.4 Å². The number of aromatic nitrogens is 3. The van der Waals surface area contributed by atoms with E-state index in [1.807, 2.05) is 6.07 Å². The minimum absolute atomic E-state index is 0.130. The molecule has 0 amide bonds. The first-order valence-corrected chi connectivity index (χ1v) is 5.24. The lowest BCUT2D eigenvalue weighted by molar-refractivity contribution is 0.0685. The number of imidazole rings is 1. The molecule has 1 aromatic carbocycles. The van der Waals surface area contributed by atoms with Crippen LogP contribution in [-0.2, 0) is 0 Å². The van der Waals surface area contributed by atoms with Crippen LogP contribution < -0.4 is 0 Å². The third-order valence-electron chi connectivity index (χ3n) is 2.75. The highest BCUT2D eigenvalue weighted by atomic mass is 16.4. The molecule has 0 unspecified atom stereocenters. The number of hydrogen-bond donors (Lipinski definition) is 4. The quantitative estimate of drug-likeness (QED) is 0.552.